The molecule has 1 unspecified atom stereocenters. The predicted octanol–water partition coefficient (Wildman–Crippen LogP) is 5.97. The van der Waals surface area contributed by atoms with Crippen LogP contribution in [0.2, 0.25) is 15.1 Å². The monoisotopic (exact) mass is 564 g/mol. The highest BCUT2D eigenvalue weighted by Crippen LogP contribution is 2.37. The van der Waals surface area contributed by atoms with Gasteiger partial charge in [0.05, 0.1) is 12.2 Å². The van der Waals surface area contributed by atoms with E-state index in [0.29, 0.717) is 33.6 Å². The smallest absolute Gasteiger partial charge is 0.329 e. The molecular weight excluding hydrogens is 539 g/mol. The Kier molecular flexibility index (Phi) is 9.23. The van der Waals surface area contributed by atoms with Crippen LogP contribution in [-0.4, -0.2) is 45.4 Å². The van der Waals surface area contributed by atoms with Gasteiger partial charge in [0.25, 0.3) is 5.91 Å². The second-order valence-corrected chi connectivity index (χ2v) is 9.68. The summed E-state index contributed by atoms with van der Waals surface area (Å²) in [6.45, 7) is 4.00. The summed E-state index contributed by atoms with van der Waals surface area (Å²) in [6, 6.07) is 11.1. The fourth-order valence-electron chi connectivity index (χ4n) is 3.80. The highest BCUT2D eigenvalue weighted by Gasteiger charge is 2.52. The number of nitrogens with one attached hydrogen (secondary N) is 1. The van der Waals surface area contributed by atoms with Gasteiger partial charge in [0.15, 0.2) is 0 Å². The quantitative estimate of drug-likeness (QED) is 0.310. The van der Waals surface area contributed by atoms with Crippen LogP contribution in [0.5, 0.6) is 0 Å². The number of imidazole rings is 1. The Balaban J connectivity index is 0.00000186. The highest BCUT2D eigenvalue weighted by atomic mass is 35.5. The van der Waals surface area contributed by atoms with Gasteiger partial charge in [0.1, 0.15) is 17.5 Å². The number of amides is 1. The van der Waals surface area contributed by atoms with E-state index in [1.165, 1.54) is 10.8 Å². The van der Waals surface area contributed by atoms with Crippen molar-refractivity contribution in [2.45, 2.75) is 44.7 Å². The number of aromatic nitrogens is 2. The first-order valence-corrected chi connectivity index (χ1v) is 12.8. The summed E-state index contributed by atoms with van der Waals surface area (Å²) in [6.07, 6.45) is 2.96. The average Bonchev–Trinajstić information content (AvgIpc) is 3.53. The maximum atomic E-state index is 13.2. The van der Waals surface area contributed by atoms with Crippen LogP contribution in [-0.2, 0) is 16.0 Å². The lowest BCUT2D eigenvalue weighted by atomic mass is 10.1. The van der Waals surface area contributed by atoms with E-state index in [2.05, 4.69) is 10.3 Å². The Labute approximate surface area is 230 Å². The molecule has 37 heavy (non-hydrogen) atoms. The van der Waals surface area contributed by atoms with Gasteiger partial charge in [-0.15, -0.1) is 0 Å². The molecule has 11 heteroatoms. The van der Waals surface area contributed by atoms with Crippen molar-refractivity contribution < 1.29 is 19.5 Å². The molecular formula is C26H27Cl3N4O4. The molecule has 1 fully saturated rings. The number of anilines is 2. The Morgan fingerprint density at radius 1 is 1.11 bits per heavy atom. The maximum Gasteiger partial charge on any atom is 0.329 e. The lowest BCUT2D eigenvalue weighted by molar-refractivity contribution is -0.140. The molecule has 0 radical (unpaired) electrons. The third kappa shape index (κ3) is 6.44. The van der Waals surface area contributed by atoms with Crippen LogP contribution >= 0.6 is 34.8 Å². The summed E-state index contributed by atoms with van der Waals surface area (Å²) in [4.78, 5) is 43.2. The number of halogens is 3. The molecule has 3 aromatic rings. The van der Waals surface area contributed by atoms with Crippen LogP contribution in [0, 0.1) is 0 Å². The van der Waals surface area contributed by atoms with Crippen LogP contribution < -0.4 is 10.2 Å². The van der Waals surface area contributed by atoms with Crippen molar-refractivity contribution in [1.29, 1.82) is 0 Å². The Hall–Kier alpha value is -3.07. The molecule has 1 heterocycles. The van der Waals surface area contributed by atoms with Gasteiger partial charge in [-0.25, -0.2) is 9.78 Å². The number of aldehydes is 1. The van der Waals surface area contributed by atoms with Gasteiger partial charge in [-0.2, -0.15) is 0 Å². The summed E-state index contributed by atoms with van der Waals surface area (Å²) >= 11 is 18.3. The van der Waals surface area contributed by atoms with Gasteiger partial charge >= 0.3 is 5.97 Å². The van der Waals surface area contributed by atoms with Gasteiger partial charge in [0.2, 0.25) is 5.95 Å². The normalized spacial score (nSPS) is 14.1. The molecule has 2 aromatic carbocycles. The van der Waals surface area contributed by atoms with Gasteiger partial charge < -0.3 is 20.1 Å². The van der Waals surface area contributed by atoms with Gasteiger partial charge in [-0.05, 0) is 48.7 Å². The minimum Gasteiger partial charge on any atom is -0.480 e. The molecule has 0 aliphatic heterocycles. The van der Waals surface area contributed by atoms with Crippen LogP contribution in [0.1, 0.15) is 48.8 Å². The molecule has 1 atom stereocenters. The molecule has 0 saturated heterocycles. The fraction of sp³-hybridized carbons (Fsp3) is 0.308. The first-order valence-electron chi connectivity index (χ1n) is 11.7. The van der Waals surface area contributed by atoms with Gasteiger partial charge in [-0.1, -0.05) is 60.8 Å². The van der Waals surface area contributed by atoms with E-state index < -0.39 is 23.5 Å². The zero-order valence-corrected chi connectivity index (χ0v) is 22.8. The van der Waals surface area contributed by atoms with Gasteiger partial charge in [0, 0.05) is 34.2 Å². The number of carboxylic acids is 1. The molecule has 1 aliphatic carbocycles. The summed E-state index contributed by atoms with van der Waals surface area (Å²) in [5.41, 5.74) is 0.154. The minimum atomic E-state index is -1.30. The number of carbonyl (C=O) groups excluding carboxylic acids is 2. The molecule has 4 rings (SSSR count). The number of carboxylic acid groups (broad SMARTS) is 1. The highest BCUT2D eigenvalue weighted by molar-refractivity contribution is 6.35. The Morgan fingerprint density at radius 3 is 2.22 bits per heavy atom. The second-order valence-electron chi connectivity index (χ2n) is 8.38. The standard InChI is InChI=1S/C24H21Cl3N4O4.C2H6/c1-30(18-10-16(26)9-17(27)11-18)23-28-12-20(21(33)29-24(6-7-24)22(34)35)31(23)19(13-32)8-14-2-4-15(25)5-3-14;1-2/h2-5,9-13,19H,6-8H2,1H3,(H,29,33)(H,34,35);1-2H3. The predicted molar refractivity (Wildman–Crippen MR) is 145 cm³/mol. The van der Waals surface area contributed by atoms with Crippen LogP contribution in [0.15, 0.2) is 48.7 Å². The van der Waals surface area contributed by atoms with E-state index in [9.17, 15) is 19.5 Å². The third-order valence-electron chi connectivity index (χ3n) is 5.90. The van der Waals surface area contributed by atoms with E-state index >= 15 is 0 Å². The summed E-state index contributed by atoms with van der Waals surface area (Å²) in [7, 11) is 1.70. The largest absolute Gasteiger partial charge is 0.480 e. The van der Waals surface area contributed by atoms with Crippen molar-refractivity contribution in [3.8, 4) is 0 Å². The van der Waals surface area contributed by atoms with E-state index in [-0.39, 0.29) is 18.1 Å². The molecule has 2 N–H and O–H groups in total. The first-order chi connectivity index (χ1) is 17.6. The van der Waals surface area contributed by atoms with Crippen molar-refractivity contribution in [2.24, 2.45) is 0 Å². The van der Waals surface area contributed by atoms with E-state index in [4.69, 9.17) is 34.8 Å². The molecule has 1 saturated carbocycles. The second kappa shape index (κ2) is 12.0. The van der Waals surface area contributed by atoms with Crippen LogP contribution in [0.25, 0.3) is 0 Å². The SMILES string of the molecule is CC.CN(c1cc(Cl)cc(Cl)c1)c1ncc(C(=O)NC2(C(=O)O)CC2)n1C(C=O)Cc1ccc(Cl)cc1. The molecule has 1 amide bonds. The number of aliphatic carboxylic acids is 1. The summed E-state index contributed by atoms with van der Waals surface area (Å²) < 4.78 is 1.49. The van der Waals surface area contributed by atoms with Gasteiger partial charge in [-0.3, -0.25) is 9.36 Å². The van der Waals surface area contributed by atoms with Crippen molar-refractivity contribution in [1.82, 2.24) is 14.9 Å². The lowest BCUT2D eigenvalue weighted by Crippen LogP contribution is -2.44. The van der Waals surface area contributed by atoms with Crippen molar-refractivity contribution in [3.63, 3.8) is 0 Å². The molecule has 196 valence electrons. The average molecular weight is 566 g/mol. The lowest BCUT2D eigenvalue weighted by Gasteiger charge is -2.25. The number of hydrogen-bond acceptors (Lipinski definition) is 5. The van der Waals surface area contributed by atoms with Crippen molar-refractivity contribution >= 4 is 64.6 Å². The maximum absolute atomic E-state index is 13.2. The Bertz CT molecular complexity index is 1270. The molecule has 1 aromatic heterocycles. The molecule has 8 nitrogen and oxygen atoms in total. The van der Waals surface area contributed by atoms with Crippen LogP contribution in [0.3, 0.4) is 0 Å². The zero-order valence-electron chi connectivity index (χ0n) is 20.5. The minimum absolute atomic E-state index is 0.0542. The zero-order chi connectivity index (χ0) is 27.3. The Morgan fingerprint density at radius 2 is 1.70 bits per heavy atom. The molecule has 0 spiro atoms. The van der Waals surface area contributed by atoms with Crippen LogP contribution in [0.4, 0.5) is 11.6 Å². The van der Waals surface area contributed by atoms with E-state index in [1.54, 1.807) is 54.4 Å². The topological polar surface area (TPSA) is 105 Å². The number of hydrogen-bond donors (Lipinski definition) is 2. The first kappa shape index (κ1) is 28.5. The summed E-state index contributed by atoms with van der Waals surface area (Å²) in [5, 5.41) is 13.5. The number of carbonyl (C=O) groups is 3. The van der Waals surface area contributed by atoms with E-state index in [1.807, 2.05) is 13.8 Å². The van der Waals surface area contributed by atoms with E-state index in [0.717, 1.165) is 11.8 Å². The number of rotatable bonds is 9. The van der Waals surface area contributed by atoms with Crippen molar-refractivity contribution in [2.75, 3.05) is 11.9 Å². The third-order valence-corrected chi connectivity index (χ3v) is 6.59. The fourth-order valence-corrected chi connectivity index (χ4v) is 4.44. The molecule has 1 aliphatic rings. The summed E-state index contributed by atoms with van der Waals surface area (Å²) in [5.74, 6) is -1.46. The van der Waals surface area contributed by atoms with Crippen molar-refractivity contribution in [3.05, 3.63) is 75.0 Å². The number of benzene rings is 2. The number of nitrogens with zero attached hydrogens (tertiary/aromatic N) is 3. The molecule has 0 bridgehead atoms.